The van der Waals surface area contributed by atoms with E-state index in [1.54, 1.807) is 12.1 Å². The fraction of sp³-hybridized carbons (Fsp3) is 0.611. The molecule has 0 aliphatic carbocycles. The summed E-state index contributed by atoms with van der Waals surface area (Å²) in [6.45, 7) is 3.14. The first-order valence-corrected chi connectivity index (χ1v) is 8.91. The Hall–Kier alpha value is -1.43. The molecule has 0 bridgehead atoms. The van der Waals surface area contributed by atoms with Crippen LogP contribution in [0, 0.1) is 0 Å². The number of hydrogen-bond acceptors (Lipinski definition) is 4. The van der Waals surface area contributed by atoms with Crippen LogP contribution in [-0.4, -0.2) is 51.7 Å². The van der Waals surface area contributed by atoms with E-state index in [1.807, 2.05) is 6.92 Å². The number of nitrogens with one attached hydrogen (secondary N) is 2. The summed E-state index contributed by atoms with van der Waals surface area (Å²) in [5, 5.41) is 6.40. The Bertz CT molecular complexity index is 624. The zero-order chi connectivity index (χ0) is 19.7. The third kappa shape index (κ3) is 8.72. The number of rotatable bonds is 8. The van der Waals surface area contributed by atoms with Crippen LogP contribution in [0.1, 0.15) is 25.3 Å². The molecule has 1 saturated heterocycles. The average molecular weight is 517 g/mol. The maximum absolute atomic E-state index is 12.3. The molecule has 0 spiro atoms. The molecule has 1 heterocycles. The lowest BCUT2D eigenvalue weighted by molar-refractivity contribution is -0.153. The molecule has 2 N–H and O–H groups in total. The van der Waals surface area contributed by atoms with Crippen molar-refractivity contribution in [2.45, 2.75) is 38.6 Å². The predicted octanol–water partition coefficient (Wildman–Crippen LogP) is 3.49. The van der Waals surface area contributed by atoms with Gasteiger partial charge in [0.05, 0.1) is 19.8 Å². The van der Waals surface area contributed by atoms with E-state index in [-0.39, 0.29) is 41.6 Å². The molecule has 2 rings (SSSR count). The van der Waals surface area contributed by atoms with Gasteiger partial charge in [0, 0.05) is 19.7 Å². The van der Waals surface area contributed by atoms with Crippen LogP contribution in [0.4, 0.5) is 13.2 Å². The van der Waals surface area contributed by atoms with Gasteiger partial charge in [0.1, 0.15) is 0 Å². The Balaban J connectivity index is 0.00000392. The second kappa shape index (κ2) is 12.2. The van der Waals surface area contributed by atoms with Crippen LogP contribution in [0.5, 0.6) is 11.5 Å². The topological polar surface area (TPSA) is 64.1 Å². The van der Waals surface area contributed by atoms with E-state index in [0.29, 0.717) is 25.6 Å². The summed E-state index contributed by atoms with van der Waals surface area (Å²) >= 11 is 0. The zero-order valence-corrected chi connectivity index (χ0v) is 18.3. The van der Waals surface area contributed by atoms with Crippen LogP contribution in [0.2, 0.25) is 0 Å². The van der Waals surface area contributed by atoms with E-state index in [2.05, 4.69) is 15.6 Å². The SMILES string of the molecule is CCNC(=NCc1ccc(OCC(F)(F)F)c(OC)c1)NCC1CCCO1.I. The van der Waals surface area contributed by atoms with Crippen molar-refractivity contribution < 1.29 is 27.4 Å². The number of methoxy groups -OCH3 is 1. The minimum absolute atomic E-state index is 0. The minimum Gasteiger partial charge on any atom is -0.493 e. The number of nitrogens with zero attached hydrogens (tertiary/aromatic N) is 1. The Morgan fingerprint density at radius 3 is 2.68 bits per heavy atom. The highest BCUT2D eigenvalue weighted by Crippen LogP contribution is 2.30. The highest BCUT2D eigenvalue weighted by atomic mass is 127. The number of alkyl halides is 3. The highest BCUT2D eigenvalue weighted by Gasteiger charge is 2.29. The van der Waals surface area contributed by atoms with Crippen LogP contribution in [-0.2, 0) is 11.3 Å². The Morgan fingerprint density at radius 2 is 2.07 bits per heavy atom. The zero-order valence-electron chi connectivity index (χ0n) is 16.0. The number of hydrogen-bond donors (Lipinski definition) is 2. The Kier molecular flexibility index (Phi) is 10.7. The van der Waals surface area contributed by atoms with Gasteiger partial charge >= 0.3 is 6.18 Å². The van der Waals surface area contributed by atoms with Gasteiger partial charge < -0.3 is 24.8 Å². The fourth-order valence-electron chi connectivity index (χ4n) is 2.62. The van der Waals surface area contributed by atoms with Crippen molar-refractivity contribution in [3.63, 3.8) is 0 Å². The molecule has 1 aliphatic rings. The summed E-state index contributed by atoms with van der Waals surface area (Å²) in [6, 6.07) is 4.75. The van der Waals surface area contributed by atoms with Crippen LogP contribution < -0.4 is 20.1 Å². The maximum atomic E-state index is 12.3. The van der Waals surface area contributed by atoms with Gasteiger partial charge in [0.25, 0.3) is 0 Å². The smallest absolute Gasteiger partial charge is 0.422 e. The quantitative estimate of drug-likeness (QED) is 0.314. The fourth-order valence-corrected chi connectivity index (χ4v) is 2.62. The standard InChI is InChI=1S/C18H26F3N3O3.HI/c1-3-22-17(24-11-14-5-4-8-26-14)23-10-13-6-7-15(16(9-13)25-2)27-12-18(19,20)21;/h6-7,9,14H,3-5,8,10-12H2,1-2H3,(H2,22,23,24);1H. The first-order valence-electron chi connectivity index (χ1n) is 8.91. The molecule has 0 radical (unpaired) electrons. The van der Waals surface area contributed by atoms with Gasteiger partial charge in [-0.05, 0) is 37.5 Å². The lowest BCUT2D eigenvalue weighted by Gasteiger charge is -2.15. The van der Waals surface area contributed by atoms with E-state index < -0.39 is 12.8 Å². The molecule has 0 aromatic heterocycles. The summed E-state index contributed by atoms with van der Waals surface area (Å²) in [5.41, 5.74) is 0.792. The normalized spacial score (nSPS) is 17.0. The van der Waals surface area contributed by atoms with Gasteiger partial charge in [-0.3, -0.25) is 0 Å². The van der Waals surface area contributed by atoms with Crippen molar-refractivity contribution in [1.82, 2.24) is 10.6 Å². The second-order valence-electron chi connectivity index (χ2n) is 6.10. The van der Waals surface area contributed by atoms with Gasteiger partial charge in [0.15, 0.2) is 24.1 Å². The first-order chi connectivity index (χ1) is 12.9. The third-order valence-electron chi connectivity index (χ3n) is 3.90. The number of benzene rings is 1. The molecular weight excluding hydrogens is 490 g/mol. The number of ether oxygens (including phenoxy) is 3. The summed E-state index contributed by atoms with van der Waals surface area (Å²) in [6.07, 6.45) is -2.10. The van der Waals surface area contributed by atoms with Gasteiger partial charge in [-0.25, -0.2) is 4.99 Å². The summed E-state index contributed by atoms with van der Waals surface area (Å²) < 4.78 is 52.4. The van der Waals surface area contributed by atoms with Crippen molar-refractivity contribution >= 4 is 29.9 Å². The molecule has 28 heavy (non-hydrogen) atoms. The molecule has 1 aromatic carbocycles. The van der Waals surface area contributed by atoms with Crippen molar-refractivity contribution in [3.8, 4) is 11.5 Å². The summed E-state index contributed by atoms with van der Waals surface area (Å²) in [4.78, 5) is 4.50. The Labute approximate surface area is 180 Å². The van der Waals surface area contributed by atoms with Gasteiger partial charge in [-0.15, -0.1) is 24.0 Å². The van der Waals surface area contributed by atoms with Gasteiger partial charge in [-0.1, -0.05) is 6.07 Å². The molecular formula is C18H27F3IN3O3. The monoisotopic (exact) mass is 517 g/mol. The highest BCUT2D eigenvalue weighted by molar-refractivity contribution is 14.0. The lowest BCUT2D eigenvalue weighted by atomic mass is 10.2. The van der Waals surface area contributed by atoms with Crippen molar-refractivity contribution in [3.05, 3.63) is 23.8 Å². The van der Waals surface area contributed by atoms with E-state index in [0.717, 1.165) is 25.0 Å². The first kappa shape index (κ1) is 24.6. The largest absolute Gasteiger partial charge is 0.493 e. The van der Waals surface area contributed by atoms with Crippen LogP contribution in [0.25, 0.3) is 0 Å². The van der Waals surface area contributed by atoms with E-state index in [9.17, 15) is 13.2 Å². The molecule has 1 fully saturated rings. The summed E-state index contributed by atoms with van der Waals surface area (Å²) in [7, 11) is 1.38. The van der Waals surface area contributed by atoms with E-state index in [4.69, 9.17) is 14.2 Å². The number of aliphatic imine (C=N–C) groups is 1. The number of guanidine groups is 1. The minimum atomic E-state index is -4.40. The van der Waals surface area contributed by atoms with Crippen molar-refractivity contribution in [2.75, 3.05) is 33.4 Å². The lowest BCUT2D eigenvalue weighted by Crippen LogP contribution is -2.41. The molecule has 160 valence electrons. The van der Waals surface area contributed by atoms with Gasteiger partial charge in [0.2, 0.25) is 0 Å². The van der Waals surface area contributed by atoms with Gasteiger partial charge in [-0.2, -0.15) is 13.2 Å². The van der Waals surface area contributed by atoms with E-state index >= 15 is 0 Å². The van der Waals surface area contributed by atoms with Crippen molar-refractivity contribution in [2.24, 2.45) is 4.99 Å². The summed E-state index contributed by atoms with van der Waals surface area (Å²) in [5.74, 6) is 0.944. The van der Waals surface area contributed by atoms with Crippen LogP contribution in [0.15, 0.2) is 23.2 Å². The molecule has 6 nitrogen and oxygen atoms in total. The molecule has 1 aliphatic heterocycles. The molecule has 1 atom stereocenters. The maximum Gasteiger partial charge on any atom is 0.422 e. The Morgan fingerprint density at radius 1 is 1.29 bits per heavy atom. The van der Waals surface area contributed by atoms with Crippen molar-refractivity contribution in [1.29, 1.82) is 0 Å². The van der Waals surface area contributed by atoms with E-state index in [1.165, 1.54) is 13.2 Å². The number of halogens is 4. The third-order valence-corrected chi connectivity index (χ3v) is 3.90. The molecule has 1 unspecified atom stereocenters. The molecule has 0 amide bonds. The second-order valence-corrected chi connectivity index (χ2v) is 6.10. The average Bonchev–Trinajstić information content (AvgIpc) is 3.15. The van der Waals surface area contributed by atoms with Crippen LogP contribution >= 0.6 is 24.0 Å². The molecule has 0 saturated carbocycles. The molecule has 10 heteroatoms. The predicted molar refractivity (Wildman–Crippen MR) is 112 cm³/mol. The van der Waals surface area contributed by atoms with Crippen LogP contribution in [0.3, 0.4) is 0 Å². The molecule has 1 aromatic rings.